The summed E-state index contributed by atoms with van der Waals surface area (Å²) in [5.41, 5.74) is 2.15. The first-order chi connectivity index (χ1) is 8.45. The first kappa shape index (κ1) is 14.7. The summed E-state index contributed by atoms with van der Waals surface area (Å²) in [4.78, 5) is 0.289. The minimum Gasteiger partial charge on any atom is -0.382 e. The summed E-state index contributed by atoms with van der Waals surface area (Å²) in [6, 6.07) is 6.73. The van der Waals surface area contributed by atoms with Crippen LogP contribution in [0.1, 0.15) is 20.8 Å². The van der Waals surface area contributed by atoms with Gasteiger partial charge in [0, 0.05) is 18.8 Å². The number of hydrogen-bond acceptors (Lipinski definition) is 3. The molecule has 18 heavy (non-hydrogen) atoms. The summed E-state index contributed by atoms with van der Waals surface area (Å²) in [5, 5.41) is 3.20. The van der Waals surface area contributed by atoms with Crippen molar-refractivity contribution in [3.8, 4) is 0 Å². The van der Waals surface area contributed by atoms with E-state index in [1.807, 2.05) is 13.8 Å². The molecule has 2 N–H and O–H groups in total. The highest BCUT2D eigenvalue weighted by Crippen LogP contribution is 2.13. The Morgan fingerprint density at radius 1 is 1.22 bits per heavy atom. The van der Waals surface area contributed by atoms with E-state index in [4.69, 9.17) is 0 Å². The van der Waals surface area contributed by atoms with Crippen molar-refractivity contribution in [3.05, 3.63) is 35.9 Å². The molecule has 0 atom stereocenters. The van der Waals surface area contributed by atoms with Crippen LogP contribution in [0.5, 0.6) is 0 Å². The molecule has 0 saturated carbocycles. The normalized spacial score (nSPS) is 11.1. The van der Waals surface area contributed by atoms with Gasteiger partial charge in [-0.05, 0) is 38.1 Å². The summed E-state index contributed by atoms with van der Waals surface area (Å²) in [5.74, 6) is 0. The van der Waals surface area contributed by atoms with Crippen LogP contribution in [0.25, 0.3) is 0 Å². The first-order valence-electron chi connectivity index (χ1n) is 5.92. The summed E-state index contributed by atoms with van der Waals surface area (Å²) >= 11 is 0. The lowest BCUT2D eigenvalue weighted by molar-refractivity contribution is 0.584. The monoisotopic (exact) mass is 268 g/mol. The van der Waals surface area contributed by atoms with E-state index in [0.717, 1.165) is 12.2 Å². The second-order valence-corrected chi connectivity index (χ2v) is 5.96. The number of rotatable bonds is 6. The molecule has 1 aromatic rings. The van der Waals surface area contributed by atoms with Crippen molar-refractivity contribution in [1.82, 2.24) is 4.72 Å². The Morgan fingerprint density at radius 2 is 1.83 bits per heavy atom. The van der Waals surface area contributed by atoms with Crippen molar-refractivity contribution in [2.24, 2.45) is 0 Å². The standard InChI is InChI=1S/C13H20N2O2S/c1-4-15-18(16,17)13-7-5-12(6-8-13)14-10-9-11(2)3/h5-9,14-15H,4,10H2,1-3H3. The van der Waals surface area contributed by atoms with Gasteiger partial charge in [0.2, 0.25) is 10.0 Å². The quantitative estimate of drug-likeness (QED) is 0.779. The van der Waals surface area contributed by atoms with Gasteiger partial charge in [-0.25, -0.2) is 13.1 Å². The Hall–Kier alpha value is -1.33. The van der Waals surface area contributed by atoms with E-state index in [1.165, 1.54) is 5.57 Å². The predicted molar refractivity (Wildman–Crippen MR) is 75.2 cm³/mol. The molecule has 1 aromatic carbocycles. The lowest BCUT2D eigenvalue weighted by atomic mass is 10.3. The number of benzene rings is 1. The van der Waals surface area contributed by atoms with Crippen LogP contribution in [0.15, 0.2) is 40.8 Å². The zero-order chi connectivity index (χ0) is 13.6. The SMILES string of the molecule is CCNS(=O)(=O)c1ccc(NCC=C(C)C)cc1. The summed E-state index contributed by atoms with van der Waals surface area (Å²) in [6.07, 6.45) is 2.07. The van der Waals surface area contributed by atoms with Gasteiger partial charge in [0.05, 0.1) is 4.90 Å². The van der Waals surface area contributed by atoms with E-state index in [9.17, 15) is 8.42 Å². The van der Waals surface area contributed by atoms with Crippen LogP contribution in [0, 0.1) is 0 Å². The maximum absolute atomic E-state index is 11.7. The molecule has 4 nitrogen and oxygen atoms in total. The Morgan fingerprint density at radius 3 is 2.33 bits per heavy atom. The second kappa shape index (κ2) is 6.56. The average molecular weight is 268 g/mol. The summed E-state index contributed by atoms with van der Waals surface area (Å²) < 4.78 is 25.9. The van der Waals surface area contributed by atoms with Crippen molar-refractivity contribution in [2.75, 3.05) is 18.4 Å². The van der Waals surface area contributed by atoms with Gasteiger partial charge in [0.25, 0.3) is 0 Å². The Bertz CT molecular complexity index is 500. The van der Waals surface area contributed by atoms with Crippen LogP contribution in [0.2, 0.25) is 0 Å². The van der Waals surface area contributed by atoms with Gasteiger partial charge in [-0.1, -0.05) is 18.6 Å². The smallest absolute Gasteiger partial charge is 0.240 e. The number of sulfonamides is 1. The van der Waals surface area contributed by atoms with E-state index in [0.29, 0.717) is 6.54 Å². The molecule has 0 spiro atoms. The highest BCUT2D eigenvalue weighted by molar-refractivity contribution is 7.89. The molecule has 100 valence electrons. The van der Waals surface area contributed by atoms with Gasteiger partial charge < -0.3 is 5.32 Å². The molecule has 0 saturated heterocycles. The Balaban J connectivity index is 2.71. The molecule has 0 unspecified atom stereocenters. The van der Waals surface area contributed by atoms with Gasteiger partial charge in [0.1, 0.15) is 0 Å². The second-order valence-electron chi connectivity index (χ2n) is 4.19. The molecular weight excluding hydrogens is 248 g/mol. The van der Waals surface area contributed by atoms with Crippen LogP contribution in [0.3, 0.4) is 0 Å². The predicted octanol–water partition coefficient (Wildman–Crippen LogP) is 2.36. The largest absolute Gasteiger partial charge is 0.382 e. The lowest BCUT2D eigenvalue weighted by Crippen LogP contribution is -2.23. The third-order valence-corrected chi connectivity index (χ3v) is 3.88. The highest BCUT2D eigenvalue weighted by atomic mass is 32.2. The molecule has 0 radical (unpaired) electrons. The molecule has 5 heteroatoms. The van der Waals surface area contributed by atoms with Gasteiger partial charge in [-0.15, -0.1) is 0 Å². The molecule has 0 aliphatic carbocycles. The van der Waals surface area contributed by atoms with Crippen LogP contribution in [0.4, 0.5) is 5.69 Å². The summed E-state index contributed by atoms with van der Waals surface area (Å²) in [6.45, 7) is 6.96. The van der Waals surface area contributed by atoms with Crippen molar-refractivity contribution < 1.29 is 8.42 Å². The third-order valence-electron chi connectivity index (χ3n) is 2.32. The topological polar surface area (TPSA) is 58.2 Å². The zero-order valence-electron chi connectivity index (χ0n) is 11.0. The molecule has 0 amide bonds. The molecule has 0 fully saturated rings. The third kappa shape index (κ3) is 4.50. The Kier molecular flexibility index (Phi) is 5.37. The van der Waals surface area contributed by atoms with Crippen molar-refractivity contribution in [2.45, 2.75) is 25.7 Å². The zero-order valence-corrected chi connectivity index (χ0v) is 11.8. The maximum atomic E-state index is 11.7. The van der Waals surface area contributed by atoms with E-state index in [1.54, 1.807) is 31.2 Å². The highest BCUT2D eigenvalue weighted by Gasteiger charge is 2.11. The van der Waals surface area contributed by atoms with E-state index < -0.39 is 10.0 Å². The fraction of sp³-hybridized carbons (Fsp3) is 0.385. The van der Waals surface area contributed by atoms with Gasteiger partial charge in [-0.3, -0.25) is 0 Å². The fourth-order valence-corrected chi connectivity index (χ4v) is 2.44. The number of allylic oxidation sites excluding steroid dienone is 1. The van der Waals surface area contributed by atoms with E-state index >= 15 is 0 Å². The first-order valence-corrected chi connectivity index (χ1v) is 7.41. The van der Waals surface area contributed by atoms with Crippen molar-refractivity contribution >= 4 is 15.7 Å². The van der Waals surface area contributed by atoms with Crippen LogP contribution in [-0.2, 0) is 10.0 Å². The molecule has 0 heterocycles. The van der Waals surface area contributed by atoms with E-state index in [-0.39, 0.29) is 4.90 Å². The molecule has 0 aliphatic rings. The van der Waals surface area contributed by atoms with Crippen molar-refractivity contribution in [1.29, 1.82) is 0 Å². The minimum absolute atomic E-state index is 0.289. The molecule has 1 rings (SSSR count). The van der Waals surface area contributed by atoms with Gasteiger partial charge >= 0.3 is 0 Å². The van der Waals surface area contributed by atoms with Crippen LogP contribution in [-0.4, -0.2) is 21.5 Å². The fourth-order valence-electron chi connectivity index (χ4n) is 1.40. The lowest BCUT2D eigenvalue weighted by Gasteiger charge is -2.07. The van der Waals surface area contributed by atoms with Crippen LogP contribution >= 0.6 is 0 Å². The van der Waals surface area contributed by atoms with Crippen molar-refractivity contribution in [3.63, 3.8) is 0 Å². The van der Waals surface area contributed by atoms with Gasteiger partial charge in [-0.2, -0.15) is 0 Å². The molecule has 0 bridgehead atoms. The maximum Gasteiger partial charge on any atom is 0.240 e. The number of anilines is 1. The molecule has 0 aliphatic heterocycles. The van der Waals surface area contributed by atoms with E-state index in [2.05, 4.69) is 16.1 Å². The number of hydrogen-bond donors (Lipinski definition) is 2. The molecular formula is C13H20N2O2S. The van der Waals surface area contributed by atoms with Crippen LogP contribution < -0.4 is 10.0 Å². The molecule has 0 aromatic heterocycles. The number of nitrogens with one attached hydrogen (secondary N) is 2. The average Bonchev–Trinajstić information content (AvgIpc) is 2.29. The summed E-state index contributed by atoms with van der Waals surface area (Å²) in [7, 11) is -3.35. The van der Waals surface area contributed by atoms with Gasteiger partial charge in [0.15, 0.2) is 0 Å². The minimum atomic E-state index is -3.35. The Labute approximate surface area is 109 Å².